The van der Waals surface area contributed by atoms with Crippen molar-refractivity contribution in [1.82, 2.24) is 9.21 Å². The summed E-state index contributed by atoms with van der Waals surface area (Å²) in [6.45, 7) is 2.62. The molecule has 0 aromatic heterocycles. The Morgan fingerprint density at radius 2 is 1.65 bits per heavy atom. The van der Waals surface area contributed by atoms with Crippen molar-refractivity contribution in [3.05, 3.63) is 59.7 Å². The Hall–Kier alpha value is -3.04. The molecule has 0 radical (unpaired) electrons. The number of benzene rings is 2. The Balaban J connectivity index is 1.41. The summed E-state index contributed by atoms with van der Waals surface area (Å²) in [7, 11) is -3.58. The van der Waals surface area contributed by atoms with Gasteiger partial charge in [-0.25, -0.2) is 8.42 Å². The van der Waals surface area contributed by atoms with Crippen LogP contribution in [0.2, 0.25) is 0 Å². The first kappa shape index (κ1) is 21.2. The lowest BCUT2D eigenvalue weighted by molar-refractivity contribution is -0.116. The number of nitrogens with one attached hydrogen (secondary N) is 1. The molecule has 2 aromatic carbocycles. The minimum absolute atomic E-state index is 0.167. The SMILES string of the molecule is CC1CCCN(S(=O)(=O)c2ccc(NC(=O)CN3C(=O)c4ccccc4C3=O)cc2)C1. The fourth-order valence-corrected chi connectivity index (χ4v) is 5.55. The second kappa shape index (κ2) is 8.24. The summed E-state index contributed by atoms with van der Waals surface area (Å²) < 4.78 is 27.2. The number of sulfonamides is 1. The van der Waals surface area contributed by atoms with Gasteiger partial charge in [0.15, 0.2) is 0 Å². The number of carbonyl (C=O) groups excluding carboxylic acids is 3. The molecule has 0 aliphatic carbocycles. The highest BCUT2D eigenvalue weighted by Crippen LogP contribution is 2.25. The number of rotatable bonds is 5. The summed E-state index contributed by atoms with van der Waals surface area (Å²) in [5, 5.41) is 2.61. The minimum Gasteiger partial charge on any atom is -0.325 e. The quantitative estimate of drug-likeness (QED) is 0.718. The Labute approximate surface area is 180 Å². The average Bonchev–Trinajstić information content (AvgIpc) is 2.99. The second-order valence-electron chi connectivity index (χ2n) is 7.93. The molecule has 2 aliphatic rings. The van der Waals surface area contributed by atoms with E-state index in [9.17, 15) is 22.8 Å². The zero-order chi connectivity index (χ0) is 22.2. The van der Waals surface area contributed by atoms with E-state index in [2.05, 4.69) is 5.32 Å². The molecule has 0 bridgehead atoms. The number of fused-ring (bicyclic) bond motifs is 1. The average molecular weight is 442 g/mol. The van der Waals surface area contributed by atoms with Gasteiger partial charge in [0.1, 0.15) is 6.54 Å². The fourth-order valence-electron chi connectivity index (χ4n) is 3.95. The van der Waals surface area contributed by atoms with Gasteiger partial charge in [-0.2, -0.15) is 4.31 Å². The van der Waals surface area contributed by atoms with E-state index >= 15 is 0 Å². The van der Waals surface area contributed by atoms with Gasteiger partial charge in [0.05, 0.1) is 16.0 Å². The van der Waals surface area contributed by atoms with Crippen molar-refractivity contribution in [2.75, 3.05) is 25.0 Å². The number of hydrogen-bond donors (Lipinski definition) is 1. The van der Waals surface area contributed by atoms with Crippen molar-refractivity contribution >= 4 is 33.4 Å². The molecule has 162 valence electrons. The van der Waals surface area contributed by atoms with Crippen LogP contribution in [0.15, 0.2) is 53.4 Å². The van der Waals surface area contributed by atoms with Crippen LogP contribution in [0.4, 0.5) is 5.69 Å². The molecule has 1 unspecified atom stereocenters. The van der Waals surface area contributed by atoms with E-state index in [0.717, 1.165) is 17.7 Å². The monoisotopic (exact) mass is 441 g/mol. The molecule has 2 heterocycles. The van der Waals surface area contributed by atoms with Crippen LogP contribution in [0.5, 0.6) is 0 Å². The molecular weight excluding hydrogens is 418 g/mol. The first-order valence-electron chi connectivity index (χ1n) is 10.1. The van der Waals surface area contributed by atoms with Gasteiger partial charge in [-0.1, -0.05) is 19.1 Å². The molecule has 31 heavy (non-hydrogen) atoms. The van der Waals surface area contributed by atoms with Crippen molar-refractivity contribution in [3.63, 3.8) is 0 Å². The Morgan fingerprint density at radius 1 is 1.03 bits per heavy atom. The highest BCUT2D eigenvalue weighted by Gasteiger charge is 2.36. The lowest BCUT2D eigenvalue weighted by Crippen LogP contribution is -2.39. The summed E-state index contributed by atoms with van der Waals surface area (Å²) in [5.41, 5.74) is 0.941. The van der Waals surface area contributed by atoms with Gasteiger partial charge in [0.25, 0.3) is 11.8 Å². The van der Waals surface area contributed by atoms with E-state index < -0.39 is 34.3 Å². The summed E-state index contributed by atoms with van der Waals surface area (Å²) in [6.07, 6.45) is 1.86. The van der Waals surface area contributed by atoms with Crippen LogP contribution < -0.4 is 5.32 Å². The van der Waals surface area contributed by atoms with Crippen LogP contribution in [-0.4, -0.2) is 55.0 Å². The minimum atomic E-state index is -3.58. The maximum Gasteiger partial charge on any atom is 0.262 e. The number of nitrogens with zero attached hydrogens (tertiary/aromatic N) is 2. The van der Waals surface area contributed by atoms with E-state index in [1.54, 1.807) is 24.3 Å². The first-order valence-corrected chi connectivity index (χ1v) is 11.6. The van der Waals surface area contributed by atoms with Crippen molar-refractivity contribution < 1.29 is 22.8 Å². The van der Waals surface area contributed by atoms with Crippen LogP contribution in [-0.2, 0) is 14.8 Å². The topological polar surface area (TPSA) is 104 Å². The van der Waals surface area contributed by atoms with Gasteiger partial charge in [-0.05, 0) is 55.2 Å². The van der Waals surface area contributed by atoms with E-state index in [4.69, 9.17) is 0 Å². The van der Waals surface area contributed by atoms with Gasteiger partial charge in [0.2, 0.25) is 15.9 Å². The molecule has 1 atom stereocenters. The van der Waals surface area contributed by atoms with Crippen LogP contribution in [0.1, 0.15) is 40.5 Å². The summed E-state index contributed by atoms with van der Waals surface area (Å²) in [4.78, 5) is 38.2. The molecule has 8 nitrogen and oxygen atoms in total. The number of carbonyl (C=O) groups is 3. The third-order valence-corrected chi connectivity index (χ3v) is 7.45. The predicted octanol–water partition coefficient (Wildman–Crippen LogP) is 2.34. The molecule has 1 saturated heterocycles. The summed E-state index contributed by atoms with van der Waals surface area (Å²) >= 11 is 0. The molecule has 1 fully saturated rings. The largest absolute Gasteiger partial charge is 0.325 e. The van der Waals surface area contributed by atoms with Gasteiger partial charge in [-0.15, -0.1) is 0 Å². The second-order valence-corrected chi connectivity index (χ2v) is 9.86. The Morgan fingerprint density at radius 3 is 2.23 bits per heavy atom. The molecule has 1 N–H and O–H groups in total. The predicted molar refractivity (Wildman–Crippen MR) is 114 cm³/mol. The van der Waals surface area contributed by atoms with Gasteiger partial charge < -0.3 is 5.32 Å². The van der Waals surface area contributed by atoms with Crippen LogP contribution in [0.25, 0.3) is 0 Å². The number of anilines is 1. The smallest absolute Gasteiger partial charge is 0.262 e. The maximum atomic E-state index is 12.8. The van der Waals surface area contributed by atoms with Crippen LogP contribution >= 0.6 is 0 Å². The van der Waals surface area contributed by atoms with Gasteiger partial charge in [-0.3, -0.25) is 19.3 Å². The number of hydrogen-bond acceptors (Lipinski definition) is 5. The van der Waals surface area contributed by atoms with Crippen molar-refractivity contribution in [1.29, 1.82) is 0 Å². The molecule has 2 aromatic rings. The molecule has 4 rings (SSSR count). The van der Waals surface area contributed by atoms with E-state index in [0.29, 0.717) is 24.7 Å². The highest BCUT2D eigenvalue weighted by molar-refractivity contribution is 7.89. The third kappa shape index (κ3) is 4.11. The van der Waals surface area contributed by atoms with Crippen LogP contribution in [0.3, 0.4) is 0 Å². The number of imide groups is 1. The van der Waals surface area contributed by atoms with E-state index in [1.165, 1.54) is 28.6 Å². The molecular formula is C22H23N3O5S. The third-order valence-electron chi connectivity index (χ3n) is 5.58. The van der Waals surface area contributed by atoms with E-state index in [1.807, 2.05) is 6.92 Å². The lowest BCUT2D eigenvalue weighted by Gasteiger charge is -2.30. The summed E-state index contributed by atoms with van der Waals surface area (Å²) in [5.74, 6) is -1.24. The molecule has 9 heteroatoms. The molecule has 2 aliphatic heterocycles. The number of piperidine rings is 1. The first-order chi connectivity index (χ1) is 14.8. The van der Waals surface area contributed by atoms with Crippen molar-refractivity contribution in [2.45, 2.75) is 24.7 Å². The zero-order valence-electron chi connectivity index (χ0n) is 17.1. The zero-order valence-corrected chi connectivity index (χ0v) is 17.9. The fraction of sp³-hybridized carbons (Fsp3) is 0.318. The normalized spacial score (nSPS) is 19.4. The Bertz CT molecular complexity index is 1110. The van der Waals surface area contributed by atoms with E-state index in [-0.39, 0.29) is 16.0 Å². The summed E-state index contributed by atoms with van der Waals surface area (Å²) in [6, 6.07) is 12.3. The van der Waals surface area contributed by atoms with Gasteiger partial charge >= 0.3 is 0 Å². The maximum absolute atomic E-state index is 12.8. The lowest BCUT2D eigenvalue weighted by atomic mass is 10.0. The molecule has 0 spiro atoms. The molecule has 0 saturated carbocycles. The van der Waals surface area contributed by atoms with Crippen LogP contribution in [0, 0.1) is 5.92 Å². The standard InChI is InChI=1S/C22H23N3O5S/c1-15-5-4-12-24(13-15)31(29,30)17-10-8-16(9-11-17)23-20(26)14-25-21(27)18-6-2-3-7-19(18)22(25)28/h2-3,6-11,15H,4-5,12-14H2,1H3,(H,23,26). The molecule has 3 amide bonds. The van der Waals surface area contributed by atoms with Crippen molar-refractivity contribution in [2.24, 2.45) is 5.92 Å². The van der Waals surface area contributed by atoms with Gasteiger partial charge in [0, 0.05) is 18.8 Å². The Kier molecular flexibility index (Phi) is 5.63. The van der Waals surface area contributed by atoms with Crippen molar-refractivity contribution in [3.8, 4) is 0 Å². The number of amides is 3. The highest BCUT2D eigenvalue weighted by atomic mass is 32.2.